The monoisotopic (exact) mass is 307 g/mol. The summed E-state index contributed by atoms with van der Waals surface area (Å²) in [6.07, 6.45) is 0. The molecule has 2 heterocycles. The van der Waals surface area contributed by atoms with Crippen LogP contribution < -0.4 is 11.2 Å². The summed E-state index contributed by atoms with van der Waals surface area (Å²) in [6, 6.07) is 10.6. The van der Waals surface area contributed by atoms with Gasteiger partial charge in [0.15, 0.2) is 5.82 Å². The van der Waals surface area contributed by atoms with E-state index in [9.17, 15) is 9.59 Å². The van der Waals surface area contributed by atoms with Gasteiger partial charge in [-0.2, -0.15) is 15.3 Å². The molecule has 1 aromatic rings. The van der Waals surface area contributed by atoms with Gasteiger partial charge in [0.25, 0.3) is 5.56 Å². The SMILES string of the molecule is CCn1nc(-c2ccc(C#N)cc2)cc2c(=O)n(C)c(=O)nc1-2. The molecule has 0 spiro atoms. The molecular weight excluding hydrogens is 294 g/mol. The van der Waals surface area contributed by atoms with E-state index in [0.717, 1.165) is 10.1 Å². The molecule has 0 amide bonds. The van der Waals surface area contributed by atoms with Gasteiger partial charge in [0, 0.05) is 19.2 Å². The highest BCUT2D eigenvalue weighted by Crippen LogP contribution is 2.22. The van der Waals surface area contributed by atoms with Crippen LogP contribution in [0.4, 0.5) is 0 Å². The predicted molar refractivity (Wildman–Crippen MR) is 84.0 cm³/mol. The molecule has 3 rings (SSSR count). The molecule has 0 fully saturated rings. The normalized spacial score (nSPS) is 10.7. The van der Waals surface area contributed by atoms with Crippen molar-refractivity contribution in [2.45, 2.75) is 13.5 Å². The summed E-state index contributed by atoms with van der Waals surface area (Å²) in [4.78, 5) is 28.0. The molecule has 2 aliphatic rings. The van der Waals surface area contributed by atoms with Crippen LogP contribution in [-0.4, -0.2) is 19.3 Å². The van der Waals surface area contributed by atoms with E-state index in [-0.39, 0.29) is 5.82 Å². The highest BCUT2D eigenvalue weighted by Gasteiger charge is 2.18. The smallest absolute Gasteiger partial charge is 0.268 e. The van der Waals surface area contributed by atoms with E-state index in [2.05, 4.69) is 16.2 Å². The summed E-state index contributed by atoms with van der Waals surface area (Å²) >= 11 is 0. The highest BCUT2D eigenvalue weighted by atomic mass is 16.2. The fourth-order valence-corrected chi connectivity index (χ4v) is 2.33. The Hall–Kier alpha value is -3.27. The standard InChI is InChI=1S/C16H13N5O2/c1-3-21-14-12(15(22)20(2)16(23)18-14)8-13(19-21)11-6-4-10(9-17)5-7-11/h4-8H,3H2,1-2H3. The number of hydrogen-bond acceptors (Lipinski definition) is 5. The summed E-state index contributed by atoms with van der Waals surface area (Å²) in [5.74, 6) is 0.276. The van der Waals surface area contributed by atoms with Crippen molar-refractivity contribution in [3.8, 4) is 28.7 Å². The molecule has 0 bridgehead atoms. The van der Waals surface area contributed by atoms with Gasteiger partial charge in [-0.1, -0.05) is 12.1 Å². The molecule has 2 aliphatic heterocycles. The van der Waals surface area contributed by atoms with E-state index in [1.807, 2.05) is 6.92 Å². The predicted octanol–water partition coefficient (Wildman–Crippen LogP) is 1.00. The van der Waals surface area contributed by atoms with E-state index >= 15 is 0 Å². The van der Waals surface area contributed by atoms with Gasteiger partial charge in [0.2, 0.25) is 0 Å². The molecule has 0 saturated carbocycles. The van der Waals surface area contributed by atoms with Crippen LogP contribution in [0.1, 0.15) is 12.5 Å². The third-order valence-electron chi connectivity index (χ3n) is 3.63. The topological polar surface area (TPSA) is 93.6 Å². The Morgan fingerprint density at radius 3 is 2.52 bits per heavy atom. The Balaban J connectivity index is 2.31. The molecule has 0 N–H and O–H groups in total. The van der Waals surface area contributed by atoms with Crippen molar-refractivity contribution in [1.82, 2.24) is 19.3 Å². The second-order valence-corrected chi connectivity index (χ2v) is 5.03. The minimum Gasteiger partial charge on any atom is -0.268 e. The lowest BCUT2D eigenvalue weighted by atomic mass is 10.1. The Kier molecular flexibility index (Phi) is 3.50. The number of aryl methyl sites for hydroxylation is 1. The molecule has 1 aromatic carbocycles. The van der Waals surface area contributed by atoms with Gasteiger partial charge < -0.3 is 0 Å². The van der Waals surface area contributed by atoms with Gasteiger partial charge in [-0.05, 0) is 25.1 Å². The molecule has 0 aliphatic carbocycles. The maximum atomic E-state index is 12.3. The van der Waals surface area contributed by atoms with E-state index in [4.69, 9.17) is 5.26 Å². The van der Waals surface area contributed by atoms with E-state index in [0.29, 0.717) is 23.4 Å². The van der Waals surface area contributed by atoms with Gasteiger partial charge >= 0.3 is 5.69 Å². The second-order valence-electron chi connectivity index (χ2n) is 5.03. The molecule has 23 heavy (non-hydrogen) atoms. The summed E-state index contributed by atoms with van der Waals surface area (Å²) in [5.41, 5.74) is 1.25. The molecule has 7 heteroatoms. The summed E-state index contributed by atoms with van der Waals surface area (Å²) < 4.78 is 2.51. The zero-order valence-corrected chi connectivity index (χ0v) is 12.6. The Labute approximate surface area is 131 Å². The quantitative estimate of drug-likeness (QED) is 0.704. The fourth-order valence-electron chi connectivity index (χ4n) is 2.33. The van der Waals surface area contributed by atoms with Crippen LogP contribution in [0.3, 0.4) is 0 Å². The largest absolute Gasteiger partial charge is 0.352 e. The average Bonchev–Trinajstić information content (AvgIpc) is 2.59. The van der Waals surface area contributed by atoms with Gasteiger partial charge in [0.1, 0.15) is 0 Å². The van der Waals surface area contributed by atoms with E-state index < -0.39 is 11.2 Å². The van der Waals surface area contributed by atoms with Crippen LogP contribution in [0.2, 0.25) is 0 Å². The highest BCUT2D eigenvalue weighted by molar-refractivity contribution is 5.67. The third kappa shape index (κ3) is 2.40. The van der Waals surface area contributed by atoms with Gasteiger partial charge in [-0.25, -0.2) is 9.48 Å². The Morgan fingerprint density at radius 2 is 1.91 bits per heavy atom. The van der Waals surface area contributed by atoms with Crippen molar-refractivity contribution in [2.24, 2.45) is 7.05 Å². The van der Waals surface area contributed by atoms with E-state index in [1.165, 1.54) is 11.7 Å². The minimum atomic E-state index is -0.599. The molecule has 114 valence electrons. The molecule has 0 atom stereocenters. The lowest BCUT2D eigenvalue weighted by Crippen LogP contribution is -2.36. The zero-order valence-electron chi connectivity index (χ0n) is 12.6. The van der Waals surface area contributed by atoms with Crippen LogP contribution in [0.15, 0.2) is 39.9 Å². The molecule has 7 nitrogen and oxygen atoms in total. The van der Waals surface area contributed by atoms with Crippen molar-refractivity contribution >= 4 is 0 Å². The maximum absolute atomic E-state index is 12.3. The lowest BCUT2D eigenvalue weighted by molar-refractivity contribution is 0.625. The number of fused-ring (bicyclic) bond motifs is 1. The molecule has 0 unspecified atom stereocenters. The molecule has 0 aromatic heterocycles. The van der Waals surface area contributed by atoms with Gasteiger partial charge in [0.05, 0.1) is 22.9 Å². The van der Waals surface area contributed by atoms with Crippen molar-refractivity contribution < 1.29 is 0 Å². The summed E-state index contributed by atoms with van der Waals surface area (Å²) in [7, 11) is 1.40. The van der Waals surface area contributed by atoms with Crippen molar-refractivity contribution in [2.75, 3.05) is 0 Å². The van der Waals surface area contributed by atoms with Crippen LogP contribution in [0.25, 0.3) is 22.6 Å². The van der Waals surface area contributed by atoms with E-state index in [1.54, 1.807) is 30.3 Å². The van der Waals surface area contributed by atoms with Crippen LogP contribution in [0, 0.1) is 11.3 Å². The molecule has 0 saturated heterocycles. The first kappa shape index (κ1) is 14.7. The van der Waals surface area contributed by atoms with Crippen LogP contribution in [0.5, 0.6) is 0 Å². The first-order chi connectivity index (χ1) is 11.0. The number of aromatic nitrogens is 4. The molecular formula is C16H13N5O2. The minimum absolute atomic E-state index is 0.276. The van der Waals surface area contributed by atoms with Gasteiger partial charge in [-0.3, -0.25) is 9.36 Å². The Bertz CT molecular complexity index is 1010. The first-order valence-corrected chi connectivity index (χ1v) is 7.04. The maximum Gasteiger partial charge on any atom is 0.352 e. The van der Waals surface area contributed by atoms with Crippen LogP contribution >= 0.6 is 0 Å². The lowest BCUT2D eigenvalue weighted by Gasteiger charge is -2.14. The number of nitriles is 1. The summed E-state index contributed by atoms with van der Waals surface area (Å²) in [6.45, 7) is 2.33. The van der Waals surface area contributed by atoms with Crippen molar-refractivity contribution in [3.05, 3.63) is 56.7 Å². The fraction of sp³-hybridized carbons (Fsp3) is 0.188. The van der Waals surface area contributed by atoms with Crippen molar-refractivity contribution in [3.63, 3.8) is 0 Å². The number of rotatable bonds is 2. The zero-order chi connectivity index (χ0) is 16.6. The Morgan fingerprint density at radius 1 is 1.22 bits per heavy atom. The van der Waals surface area contributed by atoms with Crippen molar-refractivity contribution in [1.29, 1.82) is 5.26 Å². The van der Waals surface area contributed by atoms with Crippen LogP contribution in [-0.2, 0) is 13.6 Å². The number of benzene rings is 1. The number of hydrogen-bond donors (Lipinski definition) is 0. The van der Waals surface area contributed by atoms with Gasteiger partial charge in [-0.15, -0.1) is 0 Å². The average molecular weight is 307 g/mol. The second kappa shape index (κ2) is 5.50. The summed E-state index contributed by atoms with van der Waals surface area (Å²) in [5, 5.41) is 13.3. The molecule has 0 radical (unpaired) electrons. The number of nitrogens with zero attached hydrogens (tertiary/aromatic N) is 5. The third-order valence-corrected chi connectivity index (χ3v) is 3.63. The first-order valence-electron chi connectivity index (χ1n) is 7.04.